The van der Waals surface area contributed by atoms with Crippen LogP contribution in [-0.4, -0.2) is 17.1 Å². The molecular weight excluding hydrogens is 309 g/mol. The molecule has 0 saturated carbocycles. The molecule has 1 heterocycles. The summed E-state index contributed by atoms with van der Waals surface area (Å²) in [5.74, 6) is 0.316. The normalized spacial score (nSPS) is 11.5. The maximum absolute atomic E-state index is 12.6. The quantitative estimate of drug-likeness (QED) is 0.797. The van der Waals surface area contributed by atoms with E-state index in [1.54, 1.807) is 0 Å². The lowest BCUT2D eigenvalue weighted by molar-refractivity contribution is -0.137. The van der Waals surface area contributed by atoms with Crippen LogP contribution >= 0.6 is 11.6 Å². The van der Waals surface area contributed by atoms with Crippen molar-refractivity contribution in [2.45, 2.75) is 12.8 Å². The van der Waals surface area contributed by atoms with Crippen LogP contribution in [0.25, 0.3) is 0 Å². The molecule has 2 aromatic rings. The summed E-state index contributed by atoms with van der Waals surface area (Å²) in [6.45, 7) is 0.111. The zero-order valence-corrected chi connectivity index (χ0v) is 11.6. The van der Waals surface area contributed by atoms with E-state index in [0.29, 0.717) is 0 Å². The van der Waals surface area contributed by atoms with Crippen molar-refractivity contribution in [2.75, 3.05) is 7.11 Å². The zero-order chi connectivity index (χ0) is 15.5. The van der Waals surface area contributed by atoms with Crippen molar-refractivity contribution in [1.82, 2.24) is 9.97 Å². The van der Waals surface area contributed by atoms with Gasteiger partial charge in [-0.2, -0.15) is 18.2 Å². The molecule has 0 N–H and O–H groups in total. The third kappa shape index (κ3) is 4.30. The highest BCUT2D eigenvalue weighted by atomic mass is 35.5. The second-order valence-electron chi connectivity index (χ2n) is 4.01. The van der Waals surface area contributed by atoms with E-state index in [2.05, 4.69) is 9.97 Å². The first kappa shape index (κ1) is 15.5. The maximum atomic E-state index is 12.6. The minimum Gasteiger partial charge on any atom is -0.439 e. The molecule has 0 amide bonds. The lowest BCUT2D eigenvalue weighted by Gasteiger charge is -2.10. The zero-order valence-electron chi connectivity index (χ0n) is 10.8. The Morgan fingerprint density at radius 1 is 1.19 bits per heavy atom. The number of nitrogens with zero attached hydrogens (tertiary/aromatic N) is 2. The molecule has 112 valence electrons. The molecule has 1 aromatic heterocycles. The summed E-state index contributed by atoms with van der Waals surface area (Å²) in [6.07, 6.45) is -4.44. The molecule has 0 aliphatic heterocycles. The van der Waals surface area contributed by atoms with Gasteiger partial charge in [-0.05, 0) is 18.2 Å². The molecule has 0 unspecified atom stereocenters. The van der Waals surface area contributed by atoms with Gasteiger partial charge in [0, 0.05) is 13.2 Å². The van der Waals surface area contributed by atoms with Crippen LogP contribution < -0.4 is 4.74 Å². The van der Waals surface area contributed by atoms with E-state index in [1.165, 1.54) is 25.3 Å². The fourth-order valence-corrected chi connectivity index (χ4v) is 1.74. The van der Waals surface area contributed by atoms with Gasteiger partial charge in [0.25, 0.3) is 0 Å². The van der Waals surface area contributed by atoms with Crippen LogP contribution in [0.4, 0.5) is 13.2 Å². The Morgan fingerprint density at radius 3 is 2.62 bits per heavy atom. The van der Waals surface area contributed by atoms with Gasteiger partial charge in [-0.3, -0.25) is 0 Å². The molecule has 0 radical (unpaired) electrons. The Labute approximate surface area is 123 Å². The van der Waals surface area contributed by atoms with E-state index in [-0.39, 0.29) is 29.2 Å². The third-order valence-electron chi connectivity index (χ3n) is 2.37. The van der Waals surface area contributed by atoms with Crippen molar-refractivity contribution in [1.29, 1.82) is 0 Å². The van der Waals surface area contributed by atoms with E-state index in [1.807, 2.05) is 0 Å². The minimum absolute atomic E-state index is 0.00274. The number of alkyl halides is 3. The first-order chi connectivity index (χ1) is 9.88. The Hall–Kier alpha value is -1.86. The Kier molecular flexibility index (Phi) is 4.64. The Bertz CT molecular complexity index is 635. The molecule has 0 bridgehead atoms. The average Bonchev–Trinajstić information content (AvgIpc) is 2.37. The van der Waals surface area contributed by atoms with Gasteiger partial charge in [0.15, 0.2) is 5.82 Å². The number of benzene rings is 1. The van der Waals surface area contributed by atoms with Crippen LogP contribution in [0.2, 0.25) is 5.15 Å². The van der Waals surface area contributed by atoms with Gasteiger partial charge in [-0.1, -0.05) is 17.7 Å². The fraction of sp³-hybridized carbons (Fsp3) is 0.231. The standard InChI is InChI=1S/C13H10ClF3N2O2/c1-20-7-11-18-10(14)6-12(19-11)21-9-4-2-3-8(5-9)13(15,16)17/h2-6H,7H2,1H3. The molecule has 0 fully saturated rings. The summed E-state index contributed by atoms with van der Waals surface area (Å²) in [6, 6.07) is 5.78. The van der Waals surface area contributed by atoms with E-state index < -0.39 is 11.7 Å². The van der Waals surface area contributed by atoms with Gasteiger partial charge >= 0.3 is 6.18 Å². The van der Waals surface area contributed by atoms with E-state index in [0.717, 1.165) is 12.1 Å². The van der Waals surface area contributed by atoms with Gasteiger partial charge in [-0.15, -0.1) is 0 Å². The molecule has 0 atom stereocenters. The molecule has 2 rings (SSSR count). The van der Waals surface area contributed by atoms with E-state index in [9.17, 15) is 13.2 Å². The van der Waals surface area contributed by atoms with E-state index >= 15 is 0 Å². The van der Waals surface area contributed by atoms with Crippen molar-refractivity contribution in [3.8, 4) is 11.6 Å². The maximum Gasteiger partial charge on any atom is 0.416 e. The molecule has 0 spiro atoms. The first-order valence-electron chi connectivity index (χ1n) is 5.76. The minimum atomic E-state index is -4.44. The summed E-state index contributed by atoms with van der Waals surface area (Å²) in [5, 5.41) is 0.110. The van der Waals surface area contributed by atoms with Crippen molar-refractivity contribution in [2.24, 2.45) is 0 Å². The van der Waals surface area contributed by atoms with Crippen LogP contribution in [-0.2, 0) is 17.5 Å². The number of halogens is 4. The number of hydrogen-bond donors (Lipinski definition) is 0. The molecule has 8 heteroatoms. The Morgan fingerprint density at radius 2 is 1.95 bits per heavy atom. The summed E-state index contributed by atoms with van der Waals surface area (Å²) >= 11 is 5.79. The fourth-order valence-electron chi connectivity index (χ4n) is 1.54. The number of rotatable bonds is 4. The summed E-state index contributed by atoms with van der Waals surface area (Å²) < 4.78 is 48.0. The van der Waals surface area contributed by atoms with Crippen LogP contribution in [0, 0.1) is 0 Å². The smallest absolute Gasteiger partial charge is 0.416 e. The summed E-state index contributed by atoms with van der Waals surface area (Å²) in [4.78, 5) is 7.88. The number of ether oxygens (including phenoxy) is 2. The van der Waals surface area contributed by atoms with Gasteiger partial charge in [0.05, 0.1) is 5.56 Å². The van der Waals surface area contributed by atoms with Gasteiger partial charge in [-0.25, -0.2) is 4.98 Å². The van der Waals surface area contributed by atoms with Crippen LogP contribution in [0.3, 0.4) is 0 Å². The Balaban J connectivity index is 2.26. The van der Waals surface area contributed by atoms with E-state index in [4.69, 9.17) is 21.1 Å². The molecule has 21 heavy (non-hydrogen) atoms. The van der Waals surface area contributed by atoms with Crippen LogP contribution in [0.1, 0.15) is 11.4 Å². The average molecular weight is 319 g/mol. The predicted octanol–water partition coefficient (Wildman–Crippen LogP) is 4.09. The predicted molar refractivity (Wildman–Crippen MR) is 69.3 cm³/mol. The molecule has 4 nitrogen and oxygen atoms in total. The lowest BCUT2D eigenvalue weighted by atomic mass is 10.2. The first-order valence-corrected chi connectivity index (χ1v) is 6.14. The topological polar surface area (TPSA) is 44.2 Å². The van der Waals surface area contributed by atoms with Gasteiger partial charge in [0.2, 0.25) is 5.88 Å². The van der Waals surface area contributed by atoms with Crippen molar-refractivity contribution in [3.63, 3.8) is 0 Å². The van der Waals surface area contributed by atoms with Gasteiger partial charge in [0.1, 0.15) is 17.5 Å². The largest absolute Gasteiger partial charge is 0.439 e. The SMILES string of the molecule is COCc1nc(Cl)cc(Oc2cccc(C(F)(F)F)c2)n1. The highest BCUT2D eigenvalue weighted by Crippen LogP contribution is 2.32. The van der Waals surface area contributed by atoms with Crippen LogP contribution in [0.5, 0.6) is 11.6 Å². The number of methoxy groups -OCH3 is 1. The monoisotopic (exact) mass is 318 g/mol. The second-order valence-corrected chi connectivity index (χ2v) is 4.39. The third-order valence-corrected chi connectivity index (χ3v) is 2.57. The highest BCUT2D eigenvalue weighted by Gasteiger charge is 2.30. The molecule has 0 saturated heterocycles. The number of aromatic nitrogens is 2. The highest BCUT2D eigenvalue weighted by molar-refractivity contribution is 6.29. The molecule has 0 aliphatic rings. The summed E-state index contributed by atoms with van der Waals surface area (Å²) in [7, 11) is 1.46. The van der Waals surface area contributed by atoms with Crippen molar-refractivity contribution in [3.05, 3.63) is 46.9 Å². The number of hydrogen-bond acceptors (Lipinski definition) is 4. The summed E-state index contributed by atoms with van der Waals surface area (Å²) in [5.41, 5.74) is -0.808. The van der Waals surface area contributed by atoms with Gasteiger partial charge < -0.3 is 9.47 Å². The molecule has 1 aromatic carbocycles. The van der Waals surface area contributed by atoms with Crippen LogP contribution in [0.15, 0.2) is 30.3 Å². The molecule has 0 aliphatic carbocycles. The lowest BCUT2D eigenvalue weighted by Crippen LogP contribution is -2.05. The molecular formula is C13H10ClF3N2O2. The van der Waals surface area contributed by atoms with Crippen molar-refractivity contribution < 1.29 is 22.6 Å². The second kappa shape index (κ2) is 6.28. The van der Waals surface area contributed by atoms with Crippen molar-refractivity contribution >= 4 is 11.6 Å².